The Labute approximate surface area is 125 Å². The molecule has 21 heavy (non-hydrogen) atoms. The Morgan fingerprint density at radius 3 is 2.29 bits per heavy atom. The maximum absolute atomic E-state index is 11.7. The average Bonchev–Trinajstić information content (AvgIpc) is 2.47. The molecule has 2 rings (SSSR count). The molecule has 0 spiro atoms. The molecular formula is C15H21NO4S. The number of carbonyl (C=O) groups excluding carboxylic acids is 1. The van der Waals surface area contributed by atoms with Gasteiger partial charge in [0.05, 0.1) is 17.4 Å². The molecule has 5 nitrogen and oxygen atoms in total. The maximum Gasteiger partial charge on any atom is 0.309 e. The highest BCUT2D eigenvalue weighted by atomic mass is 32.2. The van der Waals surface area contributed by atoms with Crippen LogP contribution >= 0.6 is 0 Å². The summed E-state index contributed by atoms with van der Waals surface area (Å²) in [6.45, 7) is 3.80. The molecule has 116 valence electrons. The molecule has 1 aromatic rings. The summed E-state index contributed by atoms with van der Waals surface area (Å²) in [5, 5.41) is 0. The lowest BCUT2D eigenvalue weighted by molar-refractivity contribution is -0.148. The number of nitrogens with zero attached hydrogens (tertiary/aromatic N) is 1. The van der Waals surface area contributed by atoms with E-state index >= 15 is 0 Å². The molecule has 0 N–H and O–H groups in total. The van der Waals surface area contributed by atoms with Gasteiger partial charge in [-0.2, -0.15) is 0 Å². The zero-order chi connectivity index (χ0) is 15.5. The van der Waals surface area contributed by atoms with Gasteiger partial charge in [0.25, 0.3) is 0 Å². The number of esters is 1. The van der Waals surface area contributed by atoms with Crippen molar-refractivity contribution in [3.8, 4) is 0 Å². The zero-order valence-corrected chi connectivity index (χ0v) is 13.2. The van der Waals surface area contributed by atoms with Crippen LogP contribution in [0.3, 0.4) is 0 Å². The van der Waals surface area contributed by atoms with Gasteiger partial charge in [0.15, 0.2) is 9.84 Å². The van der Waals surface area contributed by atoms with E-state index in [0.29, 0.717) is 11.5 Å². The van der Waals surface area contributed by atoms with Gasteiger partial charge in [-0.3, -0.25) is 4.79 Å². The van der Waals surface area contributed by atoms with Crippen molar-refractivity contribution in [3.05, 3.63) is 24.3 Å². The average molecular weight is 311 g/mol. The fourth-order valence-electron chi connectivity index (χ4n) is 2.54. The first kappa shape index (κ1) is 15.8. The number of sulfone groups is 1. The van der Waals surface area contributed by atoms with Crippen molar-refractivity contribution in [1.29, 1.82) is 0 Å². The molecule has 0 unspecified atom stereocenters. The van der Waals surface area contributed by atoms with E-state index in [4.69, 9.17) is 4.74 Å². The van der Waals surface area contributed by atoms with E-state index in [2.05, 4.69) is 4.90 Å². The lowest BCUT2D eigenvalue weighted by Gasteiger charge is -2.32. The van der Waals surface area contributed by atoms with Crippen LogP contribution in [0, 0.1) is 5.92 Å². The molecule has 1 aliphatic heterocycles. The van der Waals surface area contributed by atoms with Gasteiger partial charge in [0.2, 0.25) is 0 Å². The molecular weight excluding hydrogens is 290 g/mol. The molecule has 6 heteroatoms. The van der Waals surface area contributed by atoms with Gasteiger partial charge in [-0.05, 0) is 44.0 Å². The van der Waals surface area contributed by atoms with Crippen LogP contribution in [0.15, 0.2) is 29.2 Å². The smallest absolute Gasteiger partial charge is 0.309 e. The van der Waals surface area contributed by atoms with E-state index < -0.39 is 9.84 Å². The predicted molar refractivity (Wildman–Crippen MR) is 81.1 cm³/mol. The highest BCUT2D eigenvalue weighted by Crippen LogP contribution is 2.25. The third kappa shape index (κ3) is 3.97. The van der Waals surface area contributed by atoms with Crippen LogP contribution in [0.2, 0.25) is 0 Å². The van der Waals surface area contributed by atoms with Gasteiger partial charge < -0.3 is 9.64 Å². The van der Waals surface area contributed by atoms with E-state index in [1.807, 2.05) is 19.1 Å². The van der Waals surface area contributed by atoms with Crippen LogP contribution in [0.1, 0.15) is 19.8 Å². The minimum absolute atomic E-state index is 0.0171. The maximum atomic E-state index is 11.7. The Morgan fingerprint density at radius 1 is 1.24 bits per heavy atom. The standard InChI is InChI=1S/C15H21NO4S/c1-3-20-15(17)12-8-10-16(11-9-12)13-4-6-14(7-5-13)21(2,18)19/h4-7,12H,3,8-11H2,1-2H3. The third-order valence-corrected chi connectivity index (χ3v) is 4.87. The first-order valence-electron chi connectivity index (χ1n) is 7.13. The summed E-state index contributed by atoms with van der Waals surface area (Å²) < 4.78 is 27.9. The molecule has 0 radical (unpaired) electrons. The first-order valence-corrected chi connectivity index (χ1v) is 9.02. The molecule has 0 bridgehead atoms. The highest BCUT2D eigenvalue weighted by Gasteiger charge is 2.26. The predicted octanol–water partition coefficient (Wildman–Crippen LogP) is 1.87. The summed E-state index contributed by atoms with van der Waals surface area (Å²) in [6.07, 6.45) is 2.74. The van der Waals surface area contributed by atoms with Gasteiger partial charge in [0, 0.05) is 25.0 Å². The number of piperidine rings is 1. The van der Waals surface area contributed by atoms with E-state index in [-0.39, 0.29) is 11.9 Å². The van der Waals surface area contributed by atoms with Crippen molar-refractivity contribution in [2.45, 2.75) is 24.7 Å². The second-order valence-electron chi connectivity index (χ2n) is 5.28. The van der Waals surface area contributed by atoms with E-state index in [1.54, 1.807) is 12.1 Å². The summed E-state index contributed by atoms with van der Waals surface area (Å²) in [6, 6.07) is 6.90. The van der Waals surface area contributed by atoms with Crippen LogP contribution in [-0.4, -0.2) is 40.3 Å². The Hall–Kier alpha value is -1.56. The zero-order valence-electron chi connectivity index (χ0n) is 12.4. The lowest BCUT2D eigenvalue weighted by atomic mass is 9.96. The summed E-state index contributed by atoms with van der Waals surface area (Å²) >= 11 is 0. The number of anilines is 1. The van der Waals surface area contributed by atoms with Crippen molar-refractivity contribution in [3.63, 3.8) is 0 Å². The second kappa shape index (κ2) is 6.47. The minimum Gasteiger partial charge on any atom is -0.466 e. The molecule has 0 atom stereocenters. The molecule has 0 aromatic heterocycles. The minimum atomic E-state index is -3.16. The van der Waals surface area contributed by atoms with Gasteiger partial charge >= 0.3 is 5.97 Å². The molecule has 1 aromatic carbocycles. The van der Waals surface area contributed by atoms with Gasteiger partial charge in [0.1, 0.15) is 0 Å². The first-order chi connectivity index (χ1) is 9.91. The SMILES string of the molecule is CCOC(=O)C1CCN(c2ccc(S(C)(=O)=O)cc2)CC1. The number of ether oxygens (including phenoxy) is 1. The van der Waals surface area contributed by atoms with Crippen molar-refractivity contribution in [2.75, 3.05) is 30.9 Å². The fourth-order valence-corrected chi connectivity index (χ4v) is 3.17. The van der Waals surface area contributed by atoms with E-state index in [9.17, 15) is 13.2 Å². The fraction of sp³-hybridized carbons (Fsp3) is 0.533. The van der Waals surface area contributed by atoms with Crippen molar-refractivity contribution in [1.82, 2.24) is 0 Å². The second-order valence-corrected chi connectivity index (χ2v) is 7.30. The van der Waals surface area contributed by atoms with Crippen LogP contribution in [0.25, 0.3) is 0 Å². The molecule has 1 saturated heterocycles. The molecule has 1 aliphatic rings. The lowest BCUT2D eigenvalue weighted by Crippen LogP contribution is -2.36. The van der Waals surface area contributed by atoms with Gasteiger partial charge in [-0.15, -0.1) is 0 Å². The number of hydrogen-bond donors (Lipinski definition) is 0. The Morgan fingerprint density at radius 2 is 1.81 bits per heavy atom. The molecule has 0 saturated carbocycles. The topological polar surface area (TPSA) is 63.7 Å². The Balaban J connectivity index is 1.98. The molecule has 1 fully saturated rings. The van der Waals surface area contributed by atoms with Crippen LogP contribution in [-0.2, 0) is 19.4 Å². The highest BCUT2D eigenvalue weighted by molar-refractivity contribution is 7.90. The number of benzene rings is 1. The third-order valence-electron chi connectivity index (χ3n) is 3.74. The quantitative estimate of drug-likeness (QED) is 0.794. The summed E-state index contributed by atoms with van der Waals surface area (Å²) in [7, 11) is -3.16. The van der Waals surface area contributed by atoms with Crippen LogP contribution in [0.5, 0.6) is 0 Å². The van der Waals surface area contributed by atoms with Crippen molar-refractivity contribution >= 4 is 21.5 Å². The number of carbonyl (C=O) groups is 1. The summed E-state index contributed by atoms with van der Waals surface area (Å²) in [4.78, 5) is 14.2. The largest absolute Gasteiger partial charge is 0.466 e. The van der Waals surface area contributed by atoms with Crippen LogP contribution < -0.4 is 4.90 Å². The monoisotopic (exact) mass is 311 g/mol. The van der Waals surface area contributed by atoms with Gasteiger partial charge in [-0.25, -0.2) is 8.42 Å². The van der Waals surface area contributed by atoms with E-state index in [0.717, 1.165) is 31.6 Å². The molecule has 1 heterocycles. The van der Waals surface area contributed by atoms with Crippen molar-refractivity contribution in [2.24, 2.45) is 5.92 Å². The Kier molecular flexibility index (Phi) is 4.88. The Bertz CT molecular complexity index is 587. The normalized spacial score (nSPS) is 16.8. The summed E-state index contributed by atoms with van der Waals surface area (Å²) in [5.74, 6) is -0.124. The molecule has 0 aliphatic carbocycles. The molecule has 0 amide bonds. The summed E-state index contributed by atoms with van der Waals surface area (Å²) in [5.41, 5.74) is 0.990. The van der Waals surface area contributed by atoms with Crippen LogP contribution in [0.4, 0.5) is 5.69 Å². The number of hydrogen-bond acceptors (Lipinski definition) is 5. The van der Waals surface area contributed by atoms with E-state index in [1.165, 1.54) is 6.26 Å². The van der Waals surface area contributed by atoms with Crippen molar-refractivity contribution < 1.29 is 17.9 Å². The van der Waals surface area contributed by atoms with Gasteiger partial charge in [-0.1, -0.05) is 0 Å². The number of rotatable bonds is 4.